The molecule has 0 unspecified atom stereocenters. The number of ether oxygens (including phenoxy) is 1. The highest BCUT2D eigenvalue weighted by atomic mass is 19.1. The van der Waals surface area contributed by atoms with Gasteiger partial charge in [-0.25, -0.2) is 9.37 Å². The second-order valence-corrected chi connectivity index (χ2v) is 2.65. The molecule has 2 N–H and O–H groups in total. The largest absolute Gasteiger partial charge is 0.466 e. The topological polar surface area (TPSA) is 65.2 Å². The highest BCUT2D eigenvalue weighted by molar-refractivity contribution is 5.72. The number of nitrogen functional groups attached to an aromatic ring is 1. The van der Waals surface area contributed by atoms with Gasteiger partial charge in [-0.3, -0.25) is 4.79 Å². The molecule has 0 spiro atoms. The standard InChI is InChI=1S/C9H11FN2O2/c1-2-14-9(13)5-7-6(10)3-4-8(11)12-7/h3-4H,2,5H2,1H3,(H2,11,12). The molecule has 0 aromatic carbocycles. The van der Waals surface area contributed by atoms with Crippen molar-refractivity contribution < 1.29 is 13.9 Å². The number of pyridine rings is 1. The van der Waals surface area contributed by atoms with Gasteiger partial charge < -0.3 is 10.5 Å². The molecule has 5 heteroatoms. The zero-order valence-corrected chi connectivity index (χ0v) is 7.79. The van der Waals surface area contributed by atoms with E-state index in [1.807, 2.05) is 0 Å². The van der Waals surface area contributed by atoms with Crippen LogP contribution < -0.4 is 5.73 Å². The second-order valence-electron chi connectivity index (χ2n) is 2.65. The summed E-state index contributed by atoms with van der Waals surface area (Å²) in [6, 6.07) is 2.51. The van der Waals surface area contributed by atoms with Crippen molar-refractivity contribution in [3.63, 3.8) is 0 Å². The first kappa shape index (κ1) is 10.4. The summed E-state index contributed by atoms with van der Waals surface area (Å²) in [5.74, 6) is -0.873. The molecule has 76 valence electrons. The van der Waals surface area contributed by atoms with Crippen LogP contribution in [0.25, 0.3) is 0 Å². The lowest BCUT2D eigenvalue weighted by Crippen LogP contribution is -2.11. The monoisotopic (exact) mass is 198 g/mol. The van der Waals surface area contributed by atoms with Crippen LogP contribution in [0.5, 0.6) is 0 Å². The Morgan fingerprint density at radius 1 is 1.64 bits per heavy atom. The summed E-state index contributed by atoms with van der Waals surface area (Å²) in [5, 5.41) is 0. The van der Waals surface area contributed by atoms with E-state index in [1.54, 1.807) is 6.92 Å². The lowest BCUT2D eigenvalue weighted by molar-refractivity contribution is -0.142. The molecular weight excluding hydrogens is 187 g/mol. The highest BCUT2D eigenvalue weighted by Crippen LogP contribution is 2.08. The first-order valence-corrected chi connectivity index (χ1v) is 4.20. The molecule has 4 nitrogen and oxygen atoms in total. The van der Waals surface area contributed by atoms with Gasteiger partial charge in [0.25, 0.3) is 0 Å². The van der Waals surface area contributed by atoms with E-state index >= 15 is 0 Å². The number of hydrogen-bond acceptors (Lipinski definition) is 4. The van der Waals surface area contributed by atoms with Crippen LogP contribution in [0.2, 0.25) is 0 Å². The van der Waals surface area contributed by atoms with Crippen molar-refractivity contribution in [3.8, 4) is 0 Å². The third-order valence-corrected chi connectivity index (χ3v) is 1.56. The van der Waals surface area contributed by atoms with Gasteiger partial charge in [-0.15, -0.1) is 0 Å². The second kappa shape index (κ2) is 4.55. The lowest BCUT2D eigenvalue weighted by Gasteiger charge is -2.03. The first-order valence-electron chi connectivity index (χ1n) is 4.20. The van der Waals surface area contributed by atoms with Crippen molar-refractivity contribution in [1.82, 2.24) is 4.98 Å². The minimum Gasteiger partial charge on any atom is -0.466 e. The van der Waals surface area contributed by atoms with Crippen LogP contribution in [0, 0.1) is 5.82 Å². The van der Waals surface area contributed by atoms with Crippen molar-refractivity contribution in [2.45, 2.75) is 13.3 Å². The minimum atomic E-state index is -0.549. The molecule has 14 heavy (non-hydrogen) atoms. The third-order valence-electron chi connectivity index (χ3n) is 1.56. The molecule has 1 rings (SSSR count). The molecular formula is C9H11FN2O2. The van der Waals surface area contributed by atoms with Crippen molar-refractivity contribution >= 4 is 11.8 Å². The quantitative estimate of drug-likeness (QED) is 0.733. The SMILES string of the molecule is CCOC(=O)Cc1nc(N)ccc1F. The van der Waals surface area contributed by atoms with E-state index in [9.17, 15) is 9.18 Å². The normalized spacial score (nSPS) is 9.86. The number of rotatable bonds is 3. The smallest absolute Gasteiger partial charge is 0.311 e. The Hall–Kier alpha value is -1.65. The van der Waals surface area contributed by atoms with Crippen molar-refractivity contribution in [2.75, 3.05) is 12.3 Å². The third kappa shape index (κ3) is 2.69. The fraction of sp³-hybridized carbons (Fsp3) is 0.333. The van der Waals surface area contributed by atoms with E-state index in [1.165, 1.54) is 12.1 Å². The number of nitrogens with zero attached hydrogens (tertiary/aromatic N) is 1. The number of nitrogens with two attached hydrogens (primary N) is 1. The fourth-order valence-corrected chi connectivity index (χ4v) is 0.974. The van der Waals surface area contributed by atoms with Crippen LogP contribution in [0.15, 0.2) is 12.1 Å². The minimum absolute atomic E-state index is 0.0171. The van der Waals surface area contributed by atoms with Gasteiger partial charge in [0.1, 0.15) is 11.6 Å². The fourth-order valence-electron chi connectivity index (χ4n) is 0.974. The van der Waals surface area contributed by atoms with Gasteiger partial charge in [-0.1, -0.05) is 0 Å². The molecule has 0 saturated carbocycles. The van der Waals surface area contributed by atoms with E-state index in [0.29, 0.717) is 0 Å². The Bertz CT molecular complexity index is 342. The molecule has 1 heterocycles. The van der Waals surface area contributed by atoms with E-state index in [-0.39, 0.29) is 24.5 Å². The predicted molar refractivity (Wildman–Crippen MR) is 48.9 cm³/mol. The van der Waals surface area contributed by atoms with Crippen LogP contribution in [-0.4, -0.2) is 17.6 Å². The predicted octanol–water partition coefficient (Wildman–Crippen LogP) is 0.908. The molecule has 0 bridgehead atoms. The van der Waals surface area contributed by atoms with E-state index in [2.05, 4.69) is 9.72 Å². The molecule has 1 aromatic heterocycles. The Morgan fingerprint density at radius 2 is 2.36 bits per heavy atom. The summed E-state index contributed by atoms with van der Waals surface area (Å²) in [5.41, 5.74) is 5.36. The molecule has 0 saturated heterocycles. The van der Waals surface area contributed by atoms with Gasteiger partial charge >= 0.3 is 5.97 Å². The van der Waals surface area contributed by atoms with Crippen LogP contribution in [0.4, 0.5) is 10.2 Å². The molecule has 0 atom stereocenters. The number of hydrogen-bond donors (Lipinski definition) is 1. The molecule has 0 aliphatic carbocycles. The number of carbonyl (C=O) groups is 1. The van der Waals surface area contributed by atoms with Gasteiger partial charge in [0.2, 0.25) is 0 Å². The molecule has 0 fully saturated rings. The summed E-state index contributed by atoms with van der Waals surface area (Å²) in [4.78, 5) is 14.7. The first-order chi connectivity index (χ1) is 6.63. The van der Waals surface area contributed by atoms with E-state index in [0.717, 1.165) is 0 Å². The Morgan fingerprint density at radius 3 is 3.00 bits per heavy atom. The van der Waals surface area contributed by atoms with Gasteiger partial charge in [-0.05, 0) is 19.1 Å². The molecule has 0 aliphatic rings. The van der Waals surface area contributed by atoms with Gasteiger partial charge in [-0.2, -0.15) is 0 Å². The Balaban J connectivity index is 2.75. The number of aromatic nitrogens is 1. The summed E-state index contributed by atoms with van der Waals surface area (Å²) in [7, 11) is 0. The zero-order chi connectivity index (χ0) is 10.6. The van der Waals surface area contributed by atoms with Crippen LogP contribution in [-0.2, 0) is 16.0 Å². The van der Waals surface area contributed by atoms with E-state index < -0.39 is 11.8 Å². The summed E-state index contributed by atoms with van der Waals surface area (Å²) in [6.45, 7) is 1.95. The van der Waals surface area contributed by atoms with Crippen LogP contribution >= 0.6 is 0 Å². The number of halogens is 1. The van der Waals surface area contributed by atoms with Crippen molar-refractivity contribution in [1.29, 1.82) is 0 Å². The molecule has 0 aliphatic heterocycles. The van der Waals surface area contributed by atoms with Crippen LogP contribution in [0.3, 0.4) is 0 Å². The average molecular weight is 198 g/mol. The van der Waals surface area contributed by atoms with Crippen molar-refractivity contribution in [3.05, 3.63) is 23.6 Å². The van der Waals surface area contributed by atoms with E-state index in [4.69, 9.17) is 5.73 Å². The van der Waals surface area contributed by atoms with Gasteiger partial charge in [0.05, 0.1) is 18.7 Å². The molecule has 0 radical (unpaired) electrons. The summed E-state index contributed by atoms with van der Waals surface area (Å²) in [6.07, 6.45) is -0.190. The number of esters is 1. The summed E-state index contributed by atoms with van der Waals surface area (Å²) < 4.78 is 17.7. The molecule has 0 amide bonds. The van der Waals surface area contributed by atoms with Crippen molar-refractivity contribution in [2.24, 2.45) is 0 Å². The maximum absolute atomic E-state index is 13.0. The average Bonchev–Trinajstić information content (AvgIpc) is 2.12. The molecule has 1 aromatic rings. The zero-order valence-electron chi connectivity index (χ0n) is 7.79. The van der Waals surface area contributed by atoms with Gasteiger partial charge in [0.15, 0.2) is 0 Å². The lowest BCUT2D eigenvalue weighted by atomic mass is 10.2. The van der Waals surface area contributed by atoms with Gasteiger partial charge in [0, 0.05) is 0 Å². The highest BCUT2D eigenvalue weighted by Gasteiger charge is 2.10. The Kier molecular flexibility index (Phi) is 3.39. The maximum atomic E-state index is 13.0. The number of anilines is 1. The summed E-state index contributed by atoms with van der Waals surface area (Å²) >= 11 is 0. The van der Waals surface area contributed by atoms with Crippen LogP contribution in [0.1, 0.15) is 12.6 Å². The Labute approximate surface area is 80.9 Å². The maximum Gasteiger partial charge on any atom is 0.311 e. The number of carbonyl (C=O) groups excluding carboxylic acids is 1.